The molecular weight excluding hydrogens is 725 g/mol. The molecule has 0 amide bonds. The van der Waals surface area contributed by atoms with E-state index in [2.05, 4.69) is 112 Å². The number of hydrogen-bond acceptors (Lipinski definition) is 5. The Balaban J connectivity index is 1.24. The fourth-order valence-corrected chi connectivity index (χ4v) is 8.87. The molecule has 0 N–H and O–H groups in total. The molecule has 12 rings (SSSR count). The number of fused-ring (bicyclic) bond motifs is 9. The Morgan fingerprint density at radius 2 is 0.864 bits per heavy atom. The molecule has 4 aromatic heterocycles. The van der Waals surface area contributed by atoms with E-state index in [1.807, 2.05) is 84.9 Å². The summed E-state index contributed by atoms with van der Waals surface area (Å²) in [5.74, 6) is 1.58. The highest BCUT2D eigenvalue weighted by Gasteiger charge is 2.28. The average Bonchev–Trinajstić information content (AvgIpc) is 3.97. The molecule has 0 saturated carbocycles. The van der Waals surface area contributed by atoms with Crippen molar-refractivity contribution in [2.45, 2.75) is 0 Å². The van der Waals surface area contributed by atoms with Crippen LogP contribution in [0, 0.1) is 11.3 Å². The van der Waals surface area contributed by atoms with Crippen molar-refractivity contribution in [2.24, 2.45) is 0 Å². The molecule has 0 radical (unpaired) electrons. The van der Waals surface area contributed by atoms with Crippen LogP contribution in [0.5, 0.6) is 0 Å². The Labute approximate surface area is 337 Å². The summed E-state index contributed by atoms with van der Waals surface area (Å²) < 4.78 is 11.9. The molecule has 7 nitrogen and oxygen atoms in total. The molecule has 59 heavy (non-hydrogen) atoms. The van der Waals surface area contributed by atoms with Crippen LogP contribution in [0.2, 0.25) is 0 Å². The van der Waals surface area contributed by atoms with E-state index in [1.165, 1.54) is 0 Å². The minimum Gasteiger partial charge on any atom is -0.453 e. The van der Waals surface area contributed by atoms with Gasteiger partial charge in [-0.1, -0.05) is 146 Å². The van der Waals surface area contributed by atoms with Gasteiger partial charge in [0.2, 0.25) is 0 Å². The van der Waals surface area contributed by atoms with Crippen molar-refractivity contribution in [3.05, 3.63) is 188 Å². The highest BCUT2D eigenvalue weighted by Crippen LogP contribution is 2.46. The lowest BCUT2D eigenvalue weighted by atomic mass is 10.0. The number of nitrogens with zero attached hydrogens (tertiary/aromatic N) is 6. The molecule has 0 atom stereocenters. The number of para-hydroxylation sites is 5. The molecule has 0 fully saturated rings. The Bertz CT molecular complexity index is 3520. The molecule has 274 valence electrons. The Morgan fingerprint density at radius 1 is 0.424 bits per heavy atom. The van der Waals surface area contributed by atoms with Gasteiger partial charge in [0.15, 0.2) is 23.1 Å². The summed E-state index contributed by atoms with van der Waals surface area (Å²) in [6.07, 6.45) is 0. The maximum atomic E-state index is 11.1. The predicted octanol–water partition coefficient (Wildman–Crippen LogP) is 12.8. The van der Waals surface area contributed by atoms with E-state index in [0.29, 0.717) is 39.8 Å². The number of hydrogen-bond donors (Lipinski definition) is 0. The van der Waals surface area contributed by atoms with Crippen molar-refractivity contribution in [3.8, 4) is 51.6 Å². The molecule has 4 heterocycles. The van der Waals surface area contributed by atoms with Crippen LogP contribution in [0.15, 0.2) is 186 Å². The van der Waals surface area contributed by atoms with E-state index in [0.717, 1.165) is 76.9 Å². The summed E-state index contributed by atoms with van der Waals surface area (Å²) >= 11 is 0. The van der Waals surface area contributed by atoms with Crippen LogP contribution in [0.3, 0.4) is 0 Å². The number of aromatic nitrogens is 5. The summed E-state index contributed by atoms with van der Waals surface area (Å²) in [7, 11) is 0. The van der Waals surface area contributed by atoms with E-state index in [9.17, 15) is 5.26 Å². The second kappa shape index (κ2) is 12.8. The zero-order valence-electron chi connectivity index (χ0n) is 31.4. The molecule has 7 heteroatoms. The molecule has 0 aliphatic rings. The van der Waals surface area contributed by atoms with Crippen LogP contribution in [0.1, 0.15) is 5.56 Å². The highest BCUT2D eigenvalue weighted by molar-refractivity contribution is 6.18. The number of furan rings is 1. The Kier molecular flexibility index (Phi) is 7.16. The number of rotatable bonds is 5. The largest absolute Gasteiger partial charge is 0.453 e. The topological polar surface area (TPSA) is 85.5 Å². The third-order valence-corrected chi connectivity index (χ3v) is 11.4. The first-order valence-corrected chi connectivity index (χ1v) is 19.5. The summed E-state index contributed by atoms with van der Waals surface area (Å²) in [5, 5.41) is 17.1. The van der Waals surface area contributed by atoms with Gasteiger partial charge >= 0.3 is 0 Å². The van der Waals surface area contributed by atoms with E-state index in [-0.39, 0.29) is 0 Å². The number of nitriles is 1. The van der Waals surface area contributed by atoms with Crippen LogP contribution >= 0.6 is 0 Å². The van der Waals surface area contributed by atoms with Crippen molar-refractivity contribution >= 4 is 65.6 Å². The molecule has 0 aliphatic heterocycles. The fourth-order valence-electron chi connectivity index (χ4n) is 8.87. The van der Waals surface area contributed by atoms with Crippen molar-refractivity contribution in [2.75, 3.05) is 0 Å². The molecule has 12 aromatic rings. The minimum atomic E-state index is 0.474. The first-order chi connectivity index (χ1) is 29.2. The van der Waals surface area contributed by atoms with Gasteiger partial charge in [-0.05, 0) is 36.4 Å². The lowest BCUT2D eigenvalue weighted by Crippen LogP contribution is -2.05. The zero-order chi connectivity index (χ0) is 39.0. The van der Waals surface area contributed by atoms with Gasteiger partial charge in [0, 0.05) is 43.4 Å². The highest BCUT2D eigenvalue weighted by atomic mass is 16.3. The smallest absolute Gasteiger partial charge is 0.167 e. The van der Waals surface area contributed by atoms with Gasteiger partial charge in [-0.15, -0.1) is 0 Å². The van der Waals surface area contributed by atoms with Crippen molar-refractivity contribution < 1.29 is 4.42 Å². The number of benzene rings is 8. The normalized spacial score (nSPS) is 11.7. The second-order valence-electron chi connectivity index (χ2n) is 14.7. The average molecular weight is 755 g/mol. The van der Waals surface area contributed by atoms with Gasteiger partial charge in [0.05, 0.1) is 45.0 Å². The SMILES string of the molecule is N#Cc1cc(-n2c3ccccc3c3ccccc32)c(-n2c3ccccc3c3ccccc32)c2oc3c(-c4nc(-c5ccccc5)nc(-c5ccccc5)n4)cccc3c12. The van der Waals surface area contributed by atoms with E-state index < -0.39 is 0 Å². The second-order valence-corrected chi connectivity index (χ2v) is 14.7. The van der Waals surface area contributed by atoms with Crippen LogP contribution in [-0.4, -0.2) is 24.1 Å². The summed E-state index contributed by atoms with van der Waals surface area (Å²) in [5.41, 5.74) is 9.91. The maximum Gasteiger partial charge on any atom is 0.167 e. The van der Waals surface area contributed by atoms with Crippen LogP contribution in [0.4, 0.5) is 0 Å². The monoisotopic (exact) mass is 754 g/mol. The fraction of sp³-hybridized carbons (Fsp3) is 0. The molecule has 8 aromatic carbocycles. The lowest BCUT2D eigenvalue weighted by molar-refractivity contribution is 0.666. The van der Waals surface area contributed by atoms with Crippen LogP contribution < -0.4 is 0 Å². The van der Waals surface area contributed by atoms with Gasteiger partial charge in [0.1, 0.15) is 11.3 Å². The summed E-state index contributed by atoms with van der Waals surface area (Å²) in [6.45, 7) is 0. The van der Waals surface area contributed by atoms with Gasteiger partial charge in [-0.25, -0.2) is 15.0 Å². The standard InChI is InChI=1S/C52H30N6O/c53-31-34-30-45(57-41-26-11-7-20-35(41)36-21-8-12-27-42(36)57)47(58-43-28-13-9-22-37(43)38-23-10-14-29-44(38)58)49-46(34)39-24-15-25-40(48(39)59-49)52-55-50(32-16-3-1-4-17-32)54-51(56-52)33-18-5-2-6-19-33/h1-30H. The van der Waals surface area contributed by atoms with Gasteiger partial charge in [0.25, 0.3) is 0 Å². The third-order valence-electron chi connectivity index (χ3n) is 11.4. The van der Waals surface area contributed by atoms with Crippen LogP contribution in [-0.2, 0) is 0 Å². The van der Waals surface area contributed by atoms with Gasteiger partial charge < -0.3 is 13.6 Å². The first kappa shape index (κ1) is 32.9. The molecule has 0 spiro atoms. The molecule has 0 bridgehead atoms. The molecule has 0 aliphatic carbocycles. The zero-order valence-corrected chi connectivity index (χ0v) is 31.4. The van der Waals surface area contributed by atoms with Crippen molar-refractivity contribution in [1.29, 1.82) is 5.26 Å². The molecule has 0 unspecified atom stereocenters. The van der Waals surface area contributed by atoms with E-state index in [1.54, 1.807) is 0 Å². The predicted molar refractivity (Wildman–Crippen MR) is 237 cm³/mol. The van der Waals surface area contributed by atoms with E-state index >= 15 is 0 Å². The Morgan fingerprint density at radius 3 is 1.37 bits per heavy atom. The van der Waals surface area contributed by atoms with Crippen molar-refractivity contribution in [3.63, 3.8) is 0 Å². The molecule has 0 saturated heterocycles. The van der Waals surface area contributed by atoms with E-state index in [4.69, 9.17) is 19.4 Å². The summed E-state index contributed by atoms with van der Waals surface area (Å²) in [4.78, 5) is 15.1. The quantitative estimate of drug-likeness (QED) is 0.175. The summed E-state index contributed by atoms with van der Waals surface area (Å²) in [6, 6.07) is 64.4. The van der Waals surface area contributed by atoms with Gasteiger partial charge in [-0.2, -0.15) is 5.26 Å². The van der Waals surface area contributed by atoms with Gasteiger partial charge in [-0.3, -0.25) is 0 Å². The molecular formula is C52H30N6O. The van der Waals surface area contributed by atoms with Crippen molar-refractivity contribution in [1.82, 2.24) is 24.1 Å². The van der Waals surface area contributed by atoms with Crippen LogP contribution in [0.25, 0.3) is 111 Å². The third kappa shape index (κ3) is 4.90. The minimum absolute atomic E-state index is 0.474. The lowest BCUT2D eigenvalue weighted by Gasteiger charge is -2.18. The Hall–Kier alpha value is -8.34. The maximum absolute atomic E-state index is 11.1. The first-order valence-electron chi connectivity index (χ1n) is 19.5.